The van der Waals surface area contributed by atoms with Gasteiger partial charge in [-0.05, 0) is 61.5 Å². The number of nitrogens with zero attached hydrogens (tertiary/aromatic N) is 2. The van der Waals surface area contributed by atoms with E-state index in [1.165, 1.54) is 0 Å². The summed E-state index contributed by atoms with van der Waals surface area (Å²) in [7, 11) is 2.01. The molecule has 1 saturated heterocycles. The lowest BCUT2D eigenvalue weighted by atomic mass is 9.99. The van der Waals surface area contributed by atoms with E-state index in [4.69, 9.17) is 9.47 Å². The number of benzene rings is 2. The molecule has 3 rings (SSSR count). The fourth-order valence-corrected chi connectivity index (χ4v) is 5.01. The van der Waals surface area contributed by atoms with Crippen LogP contribution in [0.4, 0.5) is 0 Å². The summed E-state index contributed by atoms with van der Waals surface area (Å²) in [5.41, 5.74) is 2.07. The van der Waals surface area contributed by atoms with Crippen LogP contribution in [0.25, 0.3) is 0 Å². The van der Waals surface area contributed by atoms with E-state index in [0.29, 0.717) is 31.4 Å². The Morgan fingerprint density at radius 2 is 1.62 bits per heavy atom. The number of hydrogen-bond acceptors (Lipinski definition) is 6. The van der Waals surface area contributed by atoms with Crippen LogP contribution in [0.15, 0.2) is 54.6 Å². The summed E-state index contributed by atoms with van der Waals surface area (Å²) in [5.74, 6) is 1.42. The number of rotatable bonds is 17. The van der Waals surface area contributed by atoms with Crippen LogP contribution in [0, 0.1) is 11.8 Å². The van der Waals surface area contributed by atoms with E-state index in [0.717, 1.165) is 69.1 Å². The van der Waals surface area contributed by atoms with Crippen molar-refractivity contribution in [3.8, 4) is 5.75 Å². The van der Waals surface area contributed by atoms with E-state index >= 15 is 0 Å². The number of carbonyl (C=O) groups excluding carboxylic acids is 2. The summed E-state index contributed by atoms with van der Waals surface area (Å²) in [4.78, 5) is 31.6. The third kappa shape index (κ3) is 12.1. The predicted molar refractivity (Wildman–Crippen MR) is 168 cm³/mol. The Hall–Kier alpha value is -2.94. The van der Waals surface area contributed by atoms with Gasteiger partial charge in [0.1, 0.15) is 18.4 Å². The van der Waals surface area contributed by atoms with Crippen molar-refractivity contribution in [2.45, 2.75) is 65.6 Å². The van der Waals surface area contributed by atoms with Crippen molar-refractivity contribution in [3.63, 3.8) is 0 Å². The largest absolute Gasteiger partial charge is 0.489 e. The minimum atomic E-state index is -0.675. The van der Waals surface area contributed by atoms with Crippen LogP contribution in [0.3, 0.4) is 0 Å². The molecule has 42 heavy (non-hydrogen) atoms. The fourth-order valence-electron chi connectivity index (χ4n) is 5.01. The molecule has 2 atom stereocenters. The van der Waals surface area contributed by atoms with Crippen LogP contribution in [0.2, 0.25) is 0 Å². The molecule has 1 fully saturated rings. The van der Waals surface area contributed by atoms with Crippen LogP contribution in [-0.2, 0) is 27.4 Å². The summed E-state index contributed by atoms with van der Waals surface area (Å²) in [6.07, 6.45) is 2.15. The third-order valence-electron chi connectivity index (χ3n) is 7.66. The number of amides is 2. The first-order chi connectivity index (χ1) is 20.2. The van der Waals surface area contributed by atoms with E-state index in [1.807, 2.05) is 61.6 Å². The molecule has 1 aliphatic rings. The van der Waals surface area contributed by atoms with Gasteiger partial charge in [0.2, 0.25) is 11.8 Å². The standard InChI is InChI=1S/C34H52N4O4/c1-26(2)15-17-37(5)32(23-27(3)4)34(40)36-31(33(39)35-16-18-38-19-21-41-22-20-38)24-28-11-13-30(14-12-28)42-25-29-9-7-6-8-10-29/h6-14,26-27,31-32H,15-25H2,1-5H3,(H,35,39)(H,36,40). The van der Waals surface area contributed by atoms with Gasteiger partial charge in [-0.3, -0.25) is 19.4 Å². The van der Waals surface area contributed by atoms with Crippen LogP contribution in [-0.4, -0.2) is 86.7 Å². The van der Waals surface area contributed by atoms with Gasteiger partial charge in [-0.25, -0.2) is 0 Å². The second-order valence-electron chi connectivity index (χ2n) is 12.2. The van der Waals surface area contributed by atoms with Gasteiger partial charge in [-0.2, -0.15) is 0 Å². The first-order valence-corrected chi connectivity index (χ1v) is 15.5. The van der Waals surface area contributed by atoms with Crippen molar-refractivity contribution in [2.75, 3.05) is 53.0 Å². The average molecular weight is 581 g/mol. The SMILES string of the molecule is CC(C)CCN(C)C(CC(C)C)C(=O)NC(Cc1ccc(OCc2ccccc2)cc1)C(=O)NCCN1CCOCC1. The van der Waals surface area contributed by atoms with Gasteiger partial charge in [-0.15, -0.1) is 0 Å². The highest BCUT2D eigenvalue weighted by Gasteiger charge is 2.29. The maximum atomic E-state index is 13.7. The van der Waals surface area contributed by atoms with E-state index in [-0.39, 0.29) is 17.9 Å². The molecule has 1 aliphatic heterocycles. The van der Waals surface area contributed by atoms with Crippen LogP contribution < -0.4 is 15.4 Å². The summed E-state index contributed by atoms with van der Waals surface area (Å²) in [5, 5.41) is 6.21. The molecule has 2 aromatic rings. The first-order valence-electron chi connectivity index (χ1n) is 15.5. The van der Waals surface area contributed by atoms with Crippen molar-refractivity contribution in [1.82, 2.24) is 20.4 Å². The van der Waals surface area contributed by atoms with Crippen molar-refractivity contribution in [3.05, 3.63) is 65.7 Å². The number of hydrogen-bond donors (Lipinski definition) is 2. The zero-order chi connectivity index (χ0) is 30.3. The number of morpholine rings is 1. The Labute approximate surface area is 253 Å². The highest BCUT2D eigenvalue weighted by Crippen LogP contribution is 2.17. The summed E-state index contributed by atoms with van der Waals surface area (Å²) in [6.45, 7) is 14.5. The summed E-state index contributed by atoms with van der Waals surface area (Å²) < 4.78 is 11.4. The molecule has 8 nitrogen and oxygen atoms in total. The molecular weight excluding hydrogens is 528 g/mol. The summed E-state index contributed by atoms with van der Waals surface area (Å²) >= 11 is 0. The van der Waals surface area contributed by atoms with Crippen molar-refractivity contribution in [1.29, 1.82) is 0 Å². The van der Waals surface area contributed by atoms with E-state index in [9.17, 15) is 9.59 Å². The van der Waals surface area contributed by atoms with Crippen molar-refractivity contribution in [2.24, 2.45) is 11.8 Å². The Kier molecular flexibility index (Phi) is 14.3. The van der Waals surface area contributed by atoms with Crippen molar-refractivity contribution < 1.29 is 19.1 Å². The monoisotopic (exact) mass is 580 g/mol. The zero-order valence-corrected chi connectivity index (χ0v) is 26.3. The molecule has 1 heterocycles. The molecule has 2 aromatic carbocycles. The second kappa shape index (κ2) is 17.9. The Morgan fingerprint density at radius 3 is 2.26 bits per heavy atom. The van der Waals surface area contributed by atoms with Gasteiger partial charge in [0.05, 0.1) is 19.3 Å². The topological polar surface area (TPSA) is 83.1 Å². The highest BCUT2D eigenvalue weighted by atomic mass is 16.5. The van der Waals surface area contributed by atoms with Crippen LogP contribution in [0.5, 0.6) is 5.75 Å². The predicted octanol–water partition coefficient (Wildman–Crippen LogP) is 4.13. The number of likely N-dealkylation sites (N-methyl/N-ethyl adjacent to an activating group) is 1. The lowest BCUT2D eigenvalue weighted by molar-refractivity contribution is -0.132. The number of ether oxygens (including phenoxy) is 2. The molecule has 0 radical (unpaired) electrons. The first kappa shape index (κ1) is 33.6. The zero-order valence-electron chi connectivity index (χ0n) is 26.3. The van der Waals surface area contributed by atoms with E-state index in [1.54, 1.807) is 0 Å². The molecule has 232 valence electrons. The van der Waals surface area contributed by atoms with Gasteiger partial charge in [0.15, 0.2) is 0 Å². The lowest BCUT2D eigenvalue weighted by Gasteiger charge is -2.31. The molecule has 2 unspecified atom stereocenters. The number of nitrogens with one attached hydrogen (secondary N) is 2. The molecule has 8 heteroatoms. The quantitative estimate of drug-likeness (QED) is 0.293. The van der Waals surface area contributed by atoms with Gasteiger partial charge >= 0.3 is 0 Å². The molecule has 2 N–H and O–H groups in total. The molecule has 0 aliphatic carbocycles. The number of carbonyl (C=O) groups is 2. The highest BCUT2D eigenvalue weighted by molar-refractivity contribution is 5.90. The minimum absolute atomic E-state index is 0.0916. The van der Waals surface area contributed by atoms with Gasteiger partial charge in [0.25, 0.3) is 0 Å². The summed E-state index contributed by atoms with van der Waals surface area (Å²) in [6, 6.07) is 16.9. The Balaban J connectivity index is 1.67. The fraction of sp³-hybridized carbons (Fsp3) is 0.588. The maximum absolute atomic E-state index is 13.7. The molecule has 0 aromatic heterocycles. The van der Waals surface area contributed by atoms with E-state index in [2.05, 4.69) is 48.1 Å². The molecule has 0 saturated carbocycles. The normalized spacial score (nSPS) is 15.5. The lowest BCUT2D eigenvalue weighted by Crippen LogP contribution is -2.55. The molecule has 0 bridgehead atoms. The minimum Gasteiger partial charge on any atom is -0.489 e. The third-order valence-corrected chi connectivity index (χ3v) is 7.66. The average Bonchev–Trinajstić information content (AvgIpc) is 2.98. The maximum Gasteiger partial charge on any atom is 0.242 e. The van der Waals surface area contributed by atoms with Crippen LogP contribution >= 0.6 is 0 Å². The van der Waals surface area contributed by atoms with Gasteiger partial charge < -0.3 is 20.1 Å². The smallest absolute Gasteiger partial charge is 0.242 e. The Bertz CT molecular complexity index is 1050. The van der Waals surface area contributed by atoms with Crippen molar-refractivity contribution >= 4 is 11.8 Å². The molecule has 2 amide bonds. The molecular formula is C34H52N4O4. The molecule has 0 spiro atoms. The Morgan fingerprint density at radius 1 is 0.929 bits per heavy atom. The van der Waals surface area contributed by atoms with Crippen LogP contribution in [0.1, 0.15) is 51.7 Å². The van der Waals surface area contributed by atoms with E-state index < -0.39 is 6.04 Å². The van der Waals surface area contributed by atoms with Gasteiger partial charge in [-0.1, -0.05) is 70.2 Å². The van der Waals surface area contributed by atoms with Gasteiger partial charge in [0, 0.05) is 32.6 Å². The second-order valence-corrected chi connectivity index (χ2v) is 12.2.